The molecule has 3 amide bonds. The van der Waals surface area contributed by atoms with Crippen LogP contribution in [0.3, 0.4) is 0 Å². The number of carbonyl (C=O) groups is 2. The first-order valence-electron chi connectivity index (χ1n) is 9.72. The molecule has 2 unspecified atom stereocenters. The van der Waals surface area contributed by atoms with Crippen molar-refractivity contribution >= 4 is 45.8 Å². The number of ether oxygens (including phenoxy) is 1. The smallest absolute Gasteiger partial charge is 0.406 e. The third-order valence-electron chi connectivity index (χ3n) is 5.86. The van der Waals surface area contributed by atoms with E-state index in [0.29, 0.717) is 23.0 Å². The van der Waals surface area contributed by atoms with E-state index < -0.39 is 29.6 Å². The maximum absolute atomic E-state index is 13.5. The number of benzene rings is 2. The van der Waals surface area contributed by atoms with E-state index in [0.717, 1.165) is 17.0 Å². The highest BCUT2D eigenvalue weighted by molar-refractivity contribution is 6.34. The lowest BCUT2D eigenvalue weighted by molar-refractivity contribution is -0.274. The molecule has 5 rings (SSSR count). The van der Waals surface area contributed by atoms with Crippen LogP contribution < -0.4 is 14.5 Å². The van der Waals surface area contributed by atoms with Crippen molar-refractivity contribution in [2.45, 2.75) is 25.2 Å². The number of hydrogen-bond donors (Lipinski definition) is 0. The van der Waals surface area contributed by atoms with Crippen LogP contribution in [0, 0.1) is 5.92 Å². The van der Waals surface area contributed by atoms with Gasteiger partial charge in [-0.05, 0) is 42.7 Å². The Kier molecular flexibility index (Phi) is 4.39. The molecule has 1 aromatic heterocycles. The number of amides is 3. The number of urea groups is 1. The summed E-state index contributed by atoms with van der Waals surface area (Å²) >= 11 is 6.21. The second-order valence-corrected chi connectivity index (χ2v) is 8.20. The summed E-state index contributed by atoms with van der Waals surface area (Å²) in [6, 6.07) is 12.7. The second kappa shape index (κ2) is 6.83. The van der Waals surface area contributed by atoms with Crippen LogP contribution in [-0.4, -0.2) is 28.8 Å². The minimum Gasteiger partial charge on any atom is -0.406 e. The van der Waals surface area contributed by atoms with Gasteiger partial charge in [0.1, 0.15) is 16.4 Å². The van der Waals surface area contributed by atoms with E-state index in [-0.39, 0.29) is 16.8 Å². The molecule has 0 bridgehead atoms. The quantitative estimate of drug-likeness (QED) is 0.379. The van der Waals surface area contributed by atoms with Gasteiger partial charge in [0.25, 0.3) is 5.91 Å². The average Bonchev–Trinajstić information content (AvgIpc) is 3.33. The zero-order valence-corrected chi connectivity index (χ0v) is 17.3. The lowest BCUT2D eigenvalue weighted by Crippen LogP contribution is -2.39. The molecule has 1 aliphatic carbocycles. The SMILES string of the molecule is CC1CC12C(=O)N(c1ccc(OC(F)(F)F)cc1)C(=O)N2c1cc(Cl)nc2ccccc12. The lowest BCUT2D eigenvalue weighted by atomic mass is 10.1. The third-order valence-corrected chi connectivity index (χ3v) is 6.05. The molecule has 10 heteroatoms. The molecule has 0 radical (unpaired) electrons. The summed E-state index contributed by atoms with van der Waals surface area (Å²) < 4.78 is 41.2. The Morgan fingerprint density at radius 1 is 1.12 bits per heavy atom. The van der Waals surface area contributed by atoms with Crippen molar-refractivity contribution in [3.05, 3.63) is 59.8 Å². The summed E-state index contributed by atoms with van der Waals surface area (Å²) in [7, 11) is 0. The van der Waals surface area contributed by atoms with Crippen molar-refractivity contribution < 1.29 is 27.5 Å². The average molecular weight is 462 g/mol. The van der Waals surface area contributed by atoms with Crippen molar-refractivity contribution in [3.8, 4) is 5.75 Å². The molecule has 1 saturated carbocycles. The second-order valence-electron chi connectivity index (χ2n) is 7.81. The van der Waals surface area contributed by atoms with Gasteiger partial charge in [0, 0.05) is 11.5 Å². The van der Waals surface area contributed by atoms with Gasteiger partial charge < -0.3 is 4.74 Å². The van der Waals surface area contributed by atoms with Gasteiger partial charge in [0.2, 0.25) is 0 Å². The zero-order valence-electron chi connectivity index (χ0n) is 16.6. The first-order chi connectivity index (χ1) is 15.1. The Morgan fingerprint density at radius 3 is 2.41 bits per heavy atom. The molecule has 1 aliphatic heterocycles. The van der Waals surface area contributed by atoms with Gasteiger partial charge >= 0.3 is 12.4 Å². The number of imide groups is 1. The van der Waals surface area contributed by atoms with Crippen molar-refractivity contribution in [1.82, 2.24) is 4.98 Å². The minimum absolute atomic E-state index is 0.109. The highest BCUT2D eigenvalue weighted by atomic mass is 35.5. The van der Waals surface area contributed by atoms with E-state index in [1.165, 1.54) is 17.0 Å². The normalized spacial score (nSPS) is 22.8. The molecule has 2 atom stereocenters. The van der Waals surface area contributed by atoms with Crippen molar-refractivity contribution in [3.63, 3.8) is 0 Å². The first kappa shape index (κ1) is 20.6. The van der Waals surface area contributed by atoms with Crippen LogP contribution in [0.1, 0.15) is 13.3 Å². The molecule has 6 nitrogen and oxygen atoms in total. The predicted molar refractivity (Wildman–Crippen MR) is 112 cm³/mol. The maximum Gasteiger partial charge on any atom is 0.573 e. The number of halogens is 4. The number of rotatable bonds is 3. The van der Waals surface area contributed by atoms with E-state index in [2.05, 4.69) is 9.72 Å². The Labute approximate surface area is 185 Å². The van der Waals surface area contributed by atoms with Gasteiger partial charge in [-0.3, -0.25) is 9.69 Å². The van der Waals surface area contributed by atoms with Crippen LogP contribution in [0.25, 0.3) is 10.9 Å². The van der Waals surface area contributed by atoms with Crippen LogP contribution in [0.2, 0.25) is 5.15 Å². The fourth-order valence-corrected chi connectivity index (χ4v) is 4.51. The molecular weight excluding hydrogens is 447 g/mol. The molecule has 2 heterocycles. The van der Waals surface area contributed by atoms with E-state index in [1.54, 1.807) is 30.3 Å². The van der Waals surface area contributed by atoms with Crippen molar-refractivity contribution in [1.29, 1.82) is 0 Å². The summed E-state index contributed by atoms with van der Waals surface area (Å²) in [5.41, 5.74) is 0.111. The molecule has 32 heavy (non-hydrogen) atoms. The molecule has 0 N–H and O–H groups in total. The van der Waals surface area contributed by atoms with Crippen molar-refractivity contribution in [2.75, 3.05) is 9.80 Å². The summed E-state index contributed by atoms with van der Waals surface area (Å²) in [6.45, 7) is 1.87. The summed E-state index contributed by atoms with van der Waals surface area (Å²) in [5, 5.41) is 0.835. The van der Waals surface area contributed by atoms with Crippen LogP contribution in [0.5, 0.6) is 5.75 Å². The maximum atomic E-state index is 13.5. The molecule has 2 aliphatic rings. The van der Waals surface area contributed by atoms with Gasteiger partial charge in [-0.15, -0.1) is 13.2 Å². The number of pyridine rings is 1. The molecule has 164 valence electrons. The van der Waals surface area contributed by atoms with Gasteiger partial charge in [-0.25, -0.2) is 14.7 Å². The fourth-order valence-electron chi connectivity index (χ4n) is 4.32. The van der Waals surface area contributed by atoms with Crippen LogP contribution in [-0.2, 0) is 4.79 Å². The van der Waals surface area contributed by atoms with Gasteiger partial charge in [0.05, 0.1) is 16.9 Å². The highest BCUT2D eigenvalue weighted by Gasteiger charge is 2.70. The van der Waals surface area contributed by atoms with Crippen LogP contribution in [0.15, 0.2) is 54.6 Å². The Hall–Kier alpha value is -3.33. The number of para-hydroxylation sites is 1. The number of anilines is 2. The van der Waals surface area contributed by atoms with Gasteiger partial charge in [-0.2, -0.15) is 0 Å². The predicted octanol–water partition coefficient (Wildman–Crippen LogP) is 5.54. The topological polar surface area (TPSA) is 62.7 Å². The number of hydrogen-bond acceptors (Lipinski definition) is 4. The monoisotopic (exact) mass is 461 g/mol. The van der Waals surface area contributed by atoms with E-state index in [9.17, 15) is 22.8 Å². The van der Waals surface area contributed by atoms with E-state index in [1.807, 2.05) is 6.92 Å². The van der Waals surface area contributed by atoms with Crippen LogP contribution >= 0.6 is 11.6 Å². The molecular formula is C22H15ClF3N3O3. The van der Waals surface area contributed by atoms with Crippen molar-refractivity contribution in [2.24, 2.45) is 5.92 Å². The first-order valence-corrected chi connectivity index (χ1v) is 10.1. The third kappa shape index (κ3) is 3.07. The minimum atomic E-state index is -4.84. The van der Waals surface area contributed by atoms with Gasteiger partial charge in [-0.1, -0.05) is 36.7 Å². The summed E-state index contributed by atoms with van der Waals surface area (Å²) in [5.74, 6) is -0.988. The Morgan fingerprint density at radius 2 is 1.78 bits per heavy atom. The van der Waals surface area contributed by atoms with Crippen LogP contribution in [0.4, 0.5) is 29.3 Å². The highest BCUT2D eigenvalue weighted by Crippen LogP contribution is 2.56. The summed E-state index contributed by atoms with van der Waals surface area (Å²) in [4.78, 5) is 33.7. The molecule has 2 fully saturated rings. The standard InChI is InChI=1S/C22H15ClF3N3O3/c1-12-11-21(12)19(30)28(13-6-8-14(9-7-13)32-22(24,25)26)20(31)29(21)17-10-18(23)27-16-5-3-2-4-15(16)17/h2-10,12H,11H2,1H3. The zero-order chi connectivity index (χ0) is 22.8. The Bertz CT molecular complexity index is 1260. The Balaban J connectivity index is 1.59. The van der Waals surface area contributed by atoms with E-state index >= 15 is 0 Å². The largest absolute Gasteiger partial charge is 0.573 e. The number of carbonyl (C=O) groups excluding carboxylic acids is 2. The lowest BCUT2D eigenvalue weighted by Gasteiger charge is -2.24. The molecule has 2 aromatic carbocycles. The van der Waals surface area contributed by atoms with Gasteiger partial charge in [0.15, 0.2) is 0 Å². The fraction of sp³-hybridized carbons (Fsp3) is 0.227. The number of nitrogens with zero attached hydrogens (tertiary/aromatic N) is 3. The van der Waals surface area contributed by atoms with E-state index in [4.69, 9.17) is 11.6 Å². The number of fused-ring (bicyclic) bond motifs is 1. The summed E-state index contributed by atoms with van der Waals surface area (Å²) in [6.07, 6.45) is -4.38. The molecule has 3 aromatic rings. The molecule has 1 spiro atoms. The molecule has 1 saturated heterocycles. The number of aromatic nitrogens is 1. The number of alkyl halides is 3.